The lowest BCUT2D eigenvalue weighted by Crippen LogP contribution is -2.41. The quantitative estimate of drug-likeness (QED) is 0.0711. The molecule has 0 saturated heterocycles. The molecule has 0 aliphatic heterocycles. The van der Waals surface area contributed by atoms with Gasteiger partial charge in [-0.2, -0.15) is 0 Å². The second kappa shape index (κ2) is 20.3. The monoisotopic (exact) mass is 445 g/mol. The number of hydrogen-bond donors (Lipinski definition) is 0. The van der Waals surface area contributed by atoms with E-state index < -0.39 is 19.3 Å². The van der Waals surface area contributed by atoms with Gasteiger partial charge in [0.2, 0.25) is 0 Å². The van der Waals surface area contributed by atoms with E-state index in [0.717, 1.165) is 63.9 Å². The van der Waals surface area contributed by atoms with Gasteiger partial charge in [-0.15, -0.1) is 0 Å². The number of carbonyl (C=O) groups is 1. The van der Waals surface area contributed by atoms with E-state index in [1.54, 1.807) is 0 Å². The zero-order valence-electron chi connectivity index (χ0n) is 19.8. The van der Waals surface area contributed by atoms with Crippen LogP contribution in [0.4, 0.5) is 0 Å². The van der Waals surface area contributed by atoms with Crippen molar-refractivity contribution < 1.29 is 23.6 Å². The van der Waals surface area contributed by atoms with Crippen molar-refractivity contribution in [3.63, 3.8) is 0 Å². The molecular weight excluding hydrogens is 399 g/mol. The summed E-state index contributed by atoms with van der Waals surface area (Å²) in [6.07, 6.45) is 14.7. The molecule has 0 saturated carbocycles. The second-order valence-electron chi connectivity index (χ2n) is 7.80. The third-order valence-electron chi connectivity index (χ3n) is 5.00. The molecule has 0 bridgehead atoms. The highest BCUT2D eigenvalue weighted by Crippen LogP contribution is 2.31. The Morgan fingerprint density at radius 2 is 1.17 bits per heavy atom. The fraction of sp³-hybridized carbons (Fsp3) is 0.875. The summed E-state index contributed by atoms with van der Waals surface area (Å²) in [4.78, 5) is 11.7. The maximum Gasteiger partial charge on any atom is 0.419 e. The Hall–Kier alpha value is -0.610. The molecule has 0 spiro atoms. The normalized spacial score (nSPS) is 12.2. The summed E-state index contributed by atoms with van der Waals surface area (Å²) >= 11 is 0. The van der Waals surface area contributed by atoms with Gasteiger partial charge >= 0.3 is 13.3 Å². The van der Waals surface area contributed by atoms with Crippen molar-refractivity contribution in [3.8, 4) is 0 Å². The summed E-state index contributed by atoms with van der Waals surface area (Å²) in [7, 11) is -2.03. The SMILES string of the molecule is C=CC(=O)[P+](=O)CCC(OCCCCCC)(OCCCCCC)OCCCCCC. The van der Waals surface area contributed by atoms with Crippen molar-refractivity contribution in [1.82, 2.24) is 0 Å². The molecule has 0 aromatic heterocycles. The molecule has 5 nitrogen and oxygen atoms in total. The predicted molar refractivity (Wildman–Crippen MR) is 125 cm³/mol. The second-order valence-corrected chi connectivity index (χ2v) is 9.45. The zero-order chi connectivity index (χ0) is 22.5. The van der Waals surface area contributed by atoms with Crippen molar-refractivity contribution in [2.75, 3.05) is 26.0 Å². The lowest BCUT2D eigenvalue weighted by molar-refractivity contribution is -0.381. The summed E-state index contributed by atoms with van der Waals surface area (Å²) in [6.45, 7) is 11.6. The lowest BCUT2D eigenvalue weighted by Gasteiger charge is -2.32. The van der Waals surface area contributed by atoms with Gasteiger partial charge in [0, 0.05) is 6.08 Å². The molecule has 0 aliphatic carbocycles. The van der Waals surface area contributed by atoms with Crippen LogP contribution >= 0.6 is 7.80 Å². The summed E-state index contributed by atoms with van der Waals surface area (Å²) < 4.78 is 30.7. The lowest BCUT2D eigenvalue weighted by atomic mass is 10.2. The highest BCUT2D eigenvalue weighted by Gasteiger charge is 2.38. The number of rotatable bonds is 23. The molecule has 0 aromatic rings. The summed E-state index contributed by atoms with van der Waals surface area (Å²) in [5.74, 6) is -1.21. The van der Waals surface area contributed by atoms with Crippen LogP contribution in [-0.2, 0) is 23.6 Å². The van der Waals surface area contributed by atoms with Crippen molar-refractivity contribution in [3.05, 3.63) is 12.7 Å². The first kappa shape index (κ1) is 29.4. The van der Waals surface area contributed by atoms with Crippen LogP contribution in [0.1, 0.15) is 104 Å². The fourth-order valence-corrected chi connectivity index (χ4v) is 3.96. The van der Waals surface area contributed by atoms with Gasteiger partial charge < -0.3 is 14.2 Å². The van der Waals surface area contributed by atoms with Gasteiger partial charge in [-0.1, -0.05) is 89.7 Å². The smallest absolute Gasteiger partial charge is 0.327 e. The van der Waals surface area contributed by atoms with Crippen LogP contribution in [0.15, 0.2) is 12.7 Å². The van der Waals surface area contributed by atoms with Gasteiger partial charge in [0.15, 0.2) is 6.16 Å². The average Bonchev–Trinajstić information content (AvgIpc) is 2.76. The molecule has 0 rings (SSSR count). The average molecular weight is 446 g/mol. The number of allylic oxidation sites excluding steroid dienone is 1. The summed E-state index contributed by atoms with van der Waals surface area (Å²) in [5, 5.41) is 0. The van der Waals surface area contributed by atoms with Gasteiger partial charge in [-0.3, -0.25) is 0 Å². The Kier molecular flexibility index (Phi) is 19.9. The Morgan fingerprint density at radius 3 is 1.50 bits per heavy atom. The van der Waals surface area contributed by atoms with Crippen LogP contribution in [0.25, 0.3) is 0 Å². The number of ether oxygens (including phenoxy) is 3. The molecule has 0 fully saturated rings. The molecule has 0 aliphatic rings. The molecule has 0 aromatic carbocycles. The number of hydrogen-bond acceptors (Lipinski definition) is 5. The van der Waals surface area contributed by atoms with Crippen LogP contribution in [-0.4, -0.2) is 37.5 Å². The molecule has 30 heavy (non-hydrogen) atoms. The molecule has 0 N–H and O–H groups in total. The van der Waals surface area contributed by atoms with E-state index in [1.807, 2.05) is 0 Å². The van der Waals surface area contributed by atoms with E-state index in [-0.39, 0.29) is 12.6 Å². The number of carbonyl (C=O) groups excluding carboxylic acids is 1. The summed E-state index contributed by atoms with van der Waals surface area (Å²) in [6, 6.07) is 0. The van der Waals surface area contributed by atoms with Crippen molar-refractivity contribution >= 4 is 13.3 Å². The van der Waals surface area contributed by atoms with E-state index >= 15 is 0 Å². The van der Waals surface area contributed by atoms with E-state index in [9.17, 15) is 9.36 Å². The molecule has 1 atom stereocenters. The molecule has 0 amide bonds. The van der Waals surface area contributed by atoms with Crippen molar-refractivity contribution in [2.45, 2.75) is 110 Å². The third kappa shape index (κ3) is 15.2. The highest BCUT2D eigenvalue weighted by molar-refractivity contribution is 7.64. The topological polar surface area (TPSA) is 61.8 Å². The van der Waals surface area contributed by atoms with E-state index in [4.69, 9.17) is 14.2 Å². The standard InChI is InChI=1S/C24H46O5P/c1-5-9-12-15-19-27-24(28-20-16-13-10-6-2,29-21-17-14-11-7-3)18-22-30(26)23(25)8-4/h8H,4-7,9-22H2,1-3H3/q+1. The van der Waals surface area contributed by atoms with Crippen LogP contribution < -0.4 is 0 Å². The Labute approximate surface area is 186 Å². The molecule has 176 valence electrons. The molecular formula is C24H46O5P+. The first-order valence-corrected chi connectivity index (χ1v) is 13.5. The Bertz CT molecular complexity index is 417. The van der Waals surface area contributed by atoms with E-state index in [2.05, 4.69) is 27.4 Å². The fourth-order valence-electron chi connectivity index (χ4n) is 3.06. The predicted octanol–water partition coefficient (Wildman–Crippen LogP) is 7.36. The third-order valence-corrected chi connectivity index (χ3v) is 6.31. The maximum absolute atomic E-state index is 12.2. The van der Waals surface area contributed by atoms with Crippen LogP contribution in [0.2, 0.25) is 0 Å². The first-order chi connectivity index (χ1) is 14.5. The maximum atomic E-state index is 12.2. The van der Waals surface area contributed by atoms with Gasteiger partial charge in [0.25, 0.3) is 5.97 Å². The molecule has 1 unspecified atom stereocenters. The minimum absolute atomic E-state index is 0.180. The van der Waals surface area contributed by atoms with E-state index in [0.29, 0.717) is 19.8 Å². The molecule has 0 heterocycles. The summed E-state index contributed by atoms with van der Waals surface area (Å²) in [5.41, 5.74) is -0.423. The first-order valence-electron chi connectivity index (χ1n) is 12.1. The van der Waals surface area contributed by atoms with Crippen LogP contribution in [0.5, 0.6) is 0 Å². The van der Waals surface area contributed by atoms with Gasteiger partial charge in [-0.25, -0.2) is 4.79 Å². The Balaban J connectivity index is 5.00. The van der Waals surface area contributed by atoms with E-state index in [1.165, 1.54) is 19.3 Å². The largest absolute Gasteiger partial charge is 0.419 e. The van der Waals surface area contributed by atoms with Gasteiger partial charge in [0.1, 0.15) is 0 Å². The minimum Gasteiger partial charge on any atom is -0.327 e. The molecule has 6 heteroatoms. The number of unbranched alkanes of at least 4 members (excludes halogenated alkanes) is 9. The van der Waals surface area contributed by atoms with Crippen LogP contribution in [0.3, 0.4) is 0 Å². The highest BCUT2D eigenvalue weighted by atomic mass is 31.1. The minimum atomic E-state index is -2.03. The Morgan fingerprint density at radius 1 is 0.767 bits per heavy atom. The van der Waals surface area contributed by atoms with Crippen molar-refractivity contribution in [1.29, 1.82) is 0 Å². The van der Waals surface area contributed by atoms with Crippen LogP contribution in [0, 0.1) is 0 Å². The van der Waals surface area contributed by atoms with Gasteiger partial charge in [-0.05, 0) is 19.3 Å². The van der Waals surface area contributed by atoms with Gasteiger partial charge in [0.05, 0.1) is 26.2 Å². The van der Waals surface area contributed by atoms with Crippen molar-refractivity contribution in [2.24, 2.45) is 0 Å². The molecule has 0 radical (unpaired) electrons. The zero-order valence-corrected chi connectivity index (χ0v) is 20.7.